The van der Waals surface area contributed by atoms with Gasteiger partial charge in [0.05, 0.1) is 4.47 Å². The van der Waals surface area contributed by atoms with E-state index in [0.717, 1.165) is 28.4 Å². The summed E-state index contributed by atoms with van der Waals surface area (Å²) in [6.07, 6.45) is 1.79. The summed E-state index contributed by atoms with van der Waals surface area (Å²) in [5.74, 6) is 0.190. The van der Waals surface area contributed by atoms with Crippen molar-refractivity contribution in [2.45, 2.75) is 19.8 Å². The lowest BCUT2D eigenvalue weighted by molar-refractivity contribution is 0.477. The minimum Gasteiger partial charge on any atom is -0.505 e. The molecule has 22 heavy (non-hydrogen) atoms. The molecule has 0 amide bonds. The maximum Gasteiger partial charge on any atom is 0.156 e. The van der Waals surface area contributed by atoms with E-state index in [9.17, 15) is 5.11 Å². The van der Waals surface area contributed by atoms with Crippen LogP contribution in [0.1, 0.15) is 16.8 Å². The third-order valence-electron chi connectivity index (χ3n) is 3.70. The Bertz CT molecular complexity index is 829. The molecule has 2 aromatic carbocycles. The lowest BCUT2D eigenvalue weighted by Gasteiger charge is -2.08. The van der Waals surface area contributed by atoms with E-state index in [1.165, 1.54) is 11.1 Å². The second kappa shape index (κ2) is 6.39. The molecular weight excluding hydrogens is 406 g/mol. The standard InChI is InChI=1S/C18H15Br2NO/c1-11-2-4-12(5-3-11)6-7-13-8-9-14-15(19)10-16(20)18(22)17(14)21-13/h2-5,8-10,22H,6-7H2,1H3. The molecule has 1 aromatic heterocycles. The number of benzene rings is 2. The molecule has 0 aliphatic heterocycles. The van der Waals surface area contributed by atoms with Crippen LogP contribution in [0.2, 0.25) is 0 Å². The van der Waals surface area contributed by atoms with Crippen LogP contribution in [-0.2, 0) is 12.8 Å². The number of phenolic OH excluding ortho intramolecular Hbond substituents is 1. The monoisotopic (exact) mass is 419 g/mol. The van der Waals surface area contributed by atoms with Gasteiger partial charge >= 0.3 is 0 Å². The smallest absolute Gasteiger partial charge is 0.156 e. The lowest BCUT2D eigenvalue weighted by Crippen LogP contribution is -1.95. The van der Waals surface area contributed by atoms with E-state index in [2.05, 4.69) is 68.0 Å². The van der Waals surface area contributed by atoms with Gasteiger partial charge in [0.25, 0.3) is 0 Å². The molecule has 0 aliphatic carbocycles. The highest BCUT2D eigenvalue weighted by Gasteiger charge is 2.10. The predicted octanol–water partition coefficient (Wildman–Crippen LogP) is 5.56. The molecule has 3 rings (SSSR count). The highest BCUT2D eigenvalue weighted by Crippen LogP contribution is 2.36. The second-order valence-electron chi connectivity index (χ2n) is 5.37. The topological polar surface area (TPSA) is 33.1 Å². The van der Waals surface area contributed by atoms with Gasteiger partial charge < -0.3 is 5.11 Å². The summed E-state index contributed by atoms with van der Waals surface area (Å²) in [7, 11) is 0. The van der Waals surface area contributed by atoms with Gasteiger partial charge in [-0.2, -0.15) is 0 Å². The Morgan fingerprint density at radius 2 is 1.68 bits per heavy atom. The number of halogens is 2. The number of aromatic nitrogens is 1. The molecule has 0 aliphatic rings. The molecule has 0 bridgehead atoms. The maximum absolute atomic E-state index is 10.2. The number of fused-ring (bicyclic) bond motifs is 1. The Kier molecular flexibility index (Phi) is 4.50. The van der Waals surface area contributed by atoms with Crippen molar-refractivity contribution < 1.29 is 5.11 Å². The Morgan fingerprint density at radius 1 is 0.955 bits per heavy atom. The van der Waals surface area contributed by atoms with Crippen LogP contribution in [0.5, 0.6) is 5.75 Å². The van der Waals surface area contributed by atoms with E-state index in [1.54, 1.807) is 0 Å². The van der Waals surface area contributed by atoms with E-state index in [-0.39, 0.29) is 5.75 Å². The van der Waals surface area contributed by atoms with Gasteiger partial charge in [-0.3, -0.25) is 0 Å². The largest absolute Gasteiger partial charge is 0.505 e. The average molecular weight is 421 g/mol. The summed E-state index contributed by atoms with van der Waals surface area (Å²) in [4.78, 5) is 4.62. The van der Waals surface area contributed by atoms with Crippen molar-refractivity contribution in [2.75, 3.05) is 0 Å². The molecule has 0 fully saturated rings. The van der Waals surface area contributed by atoms with Crippen molar-refractivity contribution in [3.8, 4) is 5.75 Å². The van der Waals surface area contributed by atoms with Crippen LogP contribution in [0.3, 0.4) is 0 Å². The minimum atomic E-state index is 0.190. The zero-order valence-corrected chi connectivity index (χ0v) is 15.3. The fraction of sp³-hybridized carbons (Fsp3) is 0.167. The maximum atomic E-state index is 10.2. The van der Waals surface area contributed by atoms with Crippen LogP contribution in [0.15, 0.2) is 51.4 Å². The van der Waals surface area contributed by atoms with E-state index in [0.29, 0.717) is 9.99 Å². The van der Waals surface area contributed by atoms with Gasteiger partial charge in [-0.1, -0.05) is 45.8 Å². The predicted molar refractivity (Wildman–Crippen MR) is 97.4 cm³/mol. The summed E-state index contributed by atoms with van der Waals surface area (Å²) < 4.78 is 1.57. The molecule has 0 spiro atoms. The molecule has 0 unspecified atom stereocenters. The number of hydrogen-bond donors (Lipinski definition) is 1. The highest BCUT2D eigenvalue weighted by atomic mass is 79.9. The SMILES string of the molecule is Cc1ccc(CCc2ccc3c(Br)cc(Br)c(O)c3n2)cc1. The van der Waals surface area contributed by atoms with Gasteiger partial charge in [0.2, 0.25) is 0 Å². The van der Waals surface area contributed by atoms with Crippen LogP contribution in [0.4, 0.5) is 0 Å². The molecular formula is C18H15Br2NO. The van der Waals surface area contributed by atoms with Gasteiger partial charge in [-0.15, -0.1) is 0 Å². The summed E-state index contributed by atoms with van der Waals surface area (Å²) in [6.45, 7) is 2.09. The first-order valence-corrected chi connectivity index (χ1v) is 8.65. The first-order chi connectivity index (χ1) is 10.5. The van der Waals surface area contributed by atoms with Crippen LogP contribution in [0.25, 0.3) is 10.9 Å². The molecule has 0 radical (unpaired) electrons. The fourth-order valence-corrected chi connectivity index (χ4v) is 3.68. The lowest BCUT2D eigenvalue weighted by atomic mass is 10.1. The van der Waals surface area contributed by atoms with Crippen molar-refractivity contribution in [1.82, 2.24) is 4.98 Å². The molecule has 2 nitrogen and oxygen atoms in total. The average Bonchev–Trinajstić information content (AvgIpc) is 2.52. The second-order valence-corrected chi connectivity index (χ2v) is 7.08. The third-order valence-corrected chi connectivity index (χ3v) is 4.97. The third kappa shape index (κ3) is 3.18. The van der Waals surface area contributed by atoms with Gasteiger partial charge in [-0.25, -0.2) is 4.98 Å². The molecule has 1 heterocycles. The summed E-state index contributed by atoms with van der Waals surface area (Å²) in [5.41, 5.74) is 4.18. The van der Waals surface area contributed by atoms with Crippen LogP contribution < -0.4 is 0 Å². The first kappa shape index (κ1) is 15.5. The molecule has 3 aromatic rings. The number of aromatic hydroxyl groups is 1. The number of rotatable bonds is 3. The van der Waals surface area contributed by atoms with Gasteiger partial charge in [0, 0.05) is 15.6 Å². The Hall–Kier alpha value is -1.39. The molecule has 0 saturated carbocycles. The zero-order valence-electron chi connectivity index (χ0n) is 12.1. The molecule has 0 atom stereocenters. The van der Waals surface area contributed by atoms with E-state index in [4.69, 9.17) is 0 Å². The van der Waals surface area contributed by atoms with E-state index in [1.807, 2.05) is 18.2 Å². The number of phenols is 1. The zero-order chi connectivity index (χ0) is 15.7. The fourth-order valence-electron chi connectivity index (χ4n) is 2.41. The Morgan fingerprint density at radius 3 is 2.41 bits per heavy atom. The van der Waals surface area contributed by atoms with Crippen molar-refractivity contribution >= 4 is 42.8 Å². The van der Waals surface area contributed by atoms with E-state index < -0.39 is 0 Å². The number of pyridine rings is 1. The quantitative estimate of drug-likeness (QED) is 0.601. The number of aryl methyl sites for hydroxylation is 3. The summed E-state index contributed by atoms with van der Waals surface area (Å²) in [6, 6.07) is 14.4. The molecule has 4 heteroatoms. The van der Waals surface area contributed by atoms with Crippen LogP contribution in [0, 0.1) is 6.92 Å². The Labute approximate surface area is 146 Å². The highest BCUT2D eigenvalue weighted by molar-refractivity contribution is 9.11. The van der Waals surface area contributed by atoms with Crippen molar-refractivity contribution in [2.24, 2.45) is 0 Å². The number of nitrogens with zero attached hydrogens (tertiary/aromatic N) is 1. The van der Waals surface area contributed by atoms with E-state index >= 15 is 0 Å². The molecule has 112 valence electrons. The molecule has 0 saturated heterocycles. The Balaban J connectivity index is 1.88. The number of hydrogen-bond acceptors (Lipinski definition) is 2. The van der Waals surface area contributed by atoms with Crippen LogP contribution >= 0.6 is 31.9 Å². The normalized spacial score (nSPS) is 11.0. The van der Waals surface area contributed by atoms with Crippen molar-refractivity contribution in [3.63, 3.8) is 0 Å². The summed E-state index contributed by atoms with van der Waals surface area (Å²) in [5, 5.41) is 11.1. The van der Waals surface area contributed by atoms with Crippen molar-refractivity contribution in [1.29, 1.82) is 0 Å². The van der Waals surface area contributed by atoms with Gasteiger partial charge in [-0.05, 0) is 59.5 Å². The minimum absolute atomic E-state index is 0.190. The van der Waals surface area contributed by atoms with Crippen molar-refractivity contribution in [3.05, 3.63) is 68.2 Å². The van der Waals surface area contributed by atoms with Crippen LogP contribution in [-0.4, -0.2) is 10.1 Å². The van der Waals surface area contributed by atoms with Gasteiger partial charge in [0.1, 0.15) is 5.52 Å². The summed E-state index contributed by atoms with van der Waals surface area (Å²) >= 11 is 6.86. The first-order valence-electron chi connectivity index (χ1n) is 7.07. The molecule has 1 N–H and O–H groups in total. The van der Waals surface area contributed by atoms with Gasteiger partial charge in [0.15, 0.2) is 5.75 Å².